The van der Waals surface area contributed by atoms with Gasteiger partial charge in [0.25, 0.3) is 5.91 Å². The molecule has 0 unspecified atom stereocenters. The van der Waals surface area contributed by atoms with Crippen LogP contribution in [0.25, 0.3) is 10.9 Å². The van der Waals surface area contributed by atoms with Crippen LogP contribution in [0.5, 0.6) is 5.75 Å². The Morgan fingerprint density at radius 1 is 1.21 bits per heavy atom. The molecule has 0 radical (unpaired) electrons. The van der Waals surface area contributed by atoms with Gasteiger partial charge in [-0.1, -0.05) is 13.8 Å². The molecule has 4 rings (SSSR count). The molecule has 1 N–H and O–H groups in total. The summed E-state index contributed by atoms with van der Waals surface area (Å²) in [6.45, 7) is 4.53. The minimum Gasteiger partial charge on any atom is -0.494 e. The van der Waals surface area contributed by atoms with E-state index in [2.05, 4.69) is 29.1 Å². The summed E-state index contributed by atoms with van der Waals surface area (Å²) in [5.41, 5.74) is 0.652. The Balaban J connectivity index is 1.56. The van der Waals surface area contributed by atoms with E-state index in [1.807, 2.05) is 10.9 Å². The summed E-state index contributed by atoms with van der Waals surface area (Å²) in [5, 5.41) is 8.11. The first-order chi connectivity index (χ1) is 15.7. The van der Waals surface area contributed by atoms with Gasteiger partial charge in [0.15, 0.2) is 0 Å². The molecule has 0 saturated heterocycles. The summed E-state index contributed by atoms with van der Waals surface area (Å²) in [5.74, 6) is -0.381. The Hall–Kier alpha value is -3.17. The summed E-state index contributed by atoms with van der Waals surface area (Å²) in [6.07, 6.45) is 2.57. The zero-order valence-corrected chi connectivity index (χ0v) is 18.7. The number of alkyl halides is 3. The maximum Gasteiger partial charge on any atom is 0.451 e. The first-order valence-corrected chi connectivity index (χ1v) is 10.9. The van der Waals surface area contributed by atoms with E-state index in [1.165, 1.54) is 20.0 Å². The van der Waals surface area contributed by atoms with Crippen LogP contribution in [0.2, 0.25) is 0 Å². The Morgan fingerprint density at radius 2 is 1.94 bits per heavy atom. The third-order valence-corrected chi connectivity index (χ3v) is 6.29. The highest BCUT2D eigenvalue weighted by molar-refractivity contribution is 6.05. The van der Waals surface area contributed by atoms with E-state index in [0.717, 1.165) is 41.9 Å². The van der Waals surface area contributed by atoms with Crippen molar-refractivity contribution < 1.29 is 22.7 Å². The molecule has 1 aromatic carbocycles. The molecular formula is C23H26F3N5O2. The highest BCUT2D eigenvalue weighted by atomic mass is 19.4. The van der Waals surface area contributed by atoms with E-state index in [-0.39, 0.29) is 0 Å². The van der Waals surface area contributed by atoms with Gasteiger partial charge in [-0.05, 0) is 49.7 Å². The molecule has 1 aliphatic carbocycles. The number of rotatable bonds is 5. The number of benzene rings is 1. The number of anilines is 1. The van der Waals surface area contributed by atoms with Crippen molar-refractivity contribution in [1.29, 1.82) is 0 Å². The number of nitrogens with one attached hydrogen (secondary N) is 1. The van der Waals surface area contributed by atoms with Crippen LogP contribution < -0.4 is 10.1 Å². The molecule has 176 valence electrons. The number of hydrogen-bond donors (Lipinski definition) is 1. The van der Waals surface area contributed by atoms with E-state index in [1.54, 1.807) is 12.1 Å². The van der Waals surface area contributed by atoms with Crippen molar-refractivity contribution in [2.24, 2.45) is 11.8 Å². The van der Waals surface area contributed by atoms with Crippen molar-refractivity contribution in [2.45, 2.75) is 51.7 Å². The Kier molecular flexibility index (Phi) is 6.27. The lowest BCUT2D eigenvalue weighted by molar-refractivity contribution is -0.145. The average Bonchev–Trinajstić information content (AvgIpc) is 3.21. The van der Waals surface area contributed by atoms with Crippen molar-refractivity contribution in [1.82, 2.24) is 19.7 Å². The van der Waals surface area contributed by atoms with Gasteiger partial charge >= 0.3 is 6.18 Å². The molecule has 1 saturated carbocycles. The predicted octanol–water partition coefficient (Wildman–Crippen LogP) is 5.49. The van der Waals surface area contributed by atoms with E-state index < -0.39 is 23.6 Å². The van der Waals surface area contributed by atoms with Gasteiger partial charge < -0.3 is 10.1 Å². The topological polar surface area (TPSA) is 81.9 Å². The molecule has 0 aliphatic heterocycles. The van der Waals surface area contributed by atoms with Crippen molar-refractivity contribution in [3.05, 3.63) is 42.1 Å². The molecule has 33 heavy (non-hydrogen) atoms. The standard InChI is InChI=1S/C23H26F3N5O2/c1-13(2)14-4-6-16(7-5-14)31-12-15-10-19(20(33-3)11-18(15)30-31)28-21(32)17-8-9-27-22(29-17)23(24,25)26/h8-14,16H,4-7H2,1-3H3,(H,28,32). The van der Waals surface area contributed by atoms with Gasteiger partial charge in [0, 0.05) is 23.8 Å². The average molecular weight is 461 g/mol. The van der Waals surface area contributed by atoms with E-state index >= 15 is 0 Å². The fourth-order valence-electron chi connectivity index (χ4n) is 4.37. The maximum atomic E-state index is 12.9. The van der Waals surface area contributed by atoms with Crippen LogP contribution in [-0.4, -0.2) is 32.8 Å². The second kappa shape index (κ2) is 8.99. The normalized spacial score (nSPS) is 19.1. The number of ether oxygens (including phenoxy) is 1. The second-order valence-corrected chi connectivity index (χ2v) is 8.75. The number of halogens is 3. The molecular weight excluding hydrogens is 435 g/mol. The van der Waals surface area contributed by atoms with E-state index in [9.17, 15) is 18.0 Å². The molecule has 10 heteroatoms. The van der Waals surface area contributed by atoms with E-state index in [0.29, 0.717) is 23.4 Å². The van der Waals surface area contributed by atoms with Gasteiger partial charge in [0.1, 0.15) is 11.4 Å². The Bertz CT molecular complexity index is 1150. The number of amides is 1. The Morgan fingerprint density at radius 3 is 2.58 bits per heavy atom. The van der Waals surface area contributed by atoms with Gasteiger partial charge in [-0.2, -0.15) is 18.3 Å². The summed E-state index contributed by atoms with van der Waals surface area (Å²) < 4.78 is 46.0. The zero-order chi connectivity index (χ0) is 23.8. The number of nitrogens with zero attached hydrogens (tertiary/aromatic N) is 4. The molecule has 1 amide bonds. The highest BCUT2D eigenvalue weighted by Crippen LogP contribution is 2.37. The zero-order valence-electron chi connectivity index (χ0n) is 18.7. The van der Waals surface area contributed by atoms with Crippen molar-refractivity contribution in [3.63, 3.8) is 0 Å². The fraction of sp³-hybridized carbons (Fsp3) is 0.478. The van der Waals surface area contributed by atoms with Crippen LogP contribution >= 0.6 is 0 Å². The molecule has 2 heterocycles. The van der Waals surface area contributed by atoms with Gasteiger partial charge in [-0.25, -0.2) is 9.97 Å². The largest absolute Gasteiger partial charge is 0.494 e. The third-order valence-electron chi connectivity index (χ3n) is 6.29. The van der Waals surface area contributed by atoms with Crippen molar-refractivity contribution in [2.75, 3.05) is 12.4 Å². The number of aromatic nitrogens is 4. The van der Waals surface area contributed by atoms with Crippen LogP contribution in [0, 0.1) is 11.8 Å². The van der Waals surface area contributed by atoms with Gasteiger partial charge in [-0.15, -0.1) is 0 Å². The lowest BCUT2D eigenvalue weighted by Gasteiger charge is -2.30. The minimum absolute atomic E-state index is 0.318. The van der Waals surface area contributed by atoms with Crippen LogP contribution in [0.3, 0.4) is 0 Å². The SMILES string of the molecule is COc1cc2nn(C3CCC(C(C)C)CC3)cc2cc1NC(=O)c1ccnc(C(F)(F)F)n1. The number of fused-ring (bicyclic) bond motifs is 1. The van der Waals surface area contributed by atoms with Crippen LogP contribution in [0.1, 0.15) is 61.9 Å². The van der Waals surface area contributed by atoms with Gasteiger partial charge in [-0.3, -0.25) is 9.48 Å². The van der Waals surface area contributed by atoms with Gasteiger partial charge in [0.2, 0.25) is 5.82 Å². The van der Waals surface area contributed by atoms with Crippen molar-refractivity contribution in [3.8, 4) is 5.75 Å². The molecule has 0 spiro atoms. The summed E-state index contributed by atoms with van der Waals surface area (Å²) in [4.78, 5) is 19.1. The molecule has 1 aliphatic rings. The molecule has 2 aromatic heterocycles. The molecule has 0 bridgehead atoms. The van der Waals surface area contributed by atoms with Crippen molar-refractivity contribution >= 4 is 22.5 Å². The molecule has 7 nitrogen and oxygen atoms in total. The number of carbonyl (C=O) groups is 1. The van der Waals surface area contributed by atoms with Gasteiger partial charge in [0.05, 0.1) is 24.4 Å². The van der Waals surface area contributed by atoms with E-state index in [4.69, 9.17) is 9.84 Å². The fourth-order valence-corrected chi connectivity index (χ4v) is 4.37. The summed E-state index contributed by atoms with van der Waals surface area (Å²) in [6, 6.07) is 4.86. The van der Waals surface area contributed by atoms with Crippen LogP contribution in [0.4, 0.5) is 18.9 Å². The molecule has 1 fully saturated rings. The first-order valence-electron chi connectivity index (χ1n) is 10.9. The van der Waals surface area contributed by atoms with Crippen LogP contribution in [-0.2, 0) is 6.18 Å². The smallest absolute Gasteiger partial charge is 0.451 e. The third kappa shape index (κ3) is 4.94. The molecule has 0 atom stereocenters. The molecule has 3 aromatic rings. The highest BCUT2D eigenvalue weighted by Gasteiger charge is 2.35. The first kappa shape index (κ1) is 23.0. The number of hydrogen-bond acceptors (Lipinski definition) is 5. The number of carbonyl (C=O) groups excluding carboxylic acids is 1. The summed E-state index contributed by atoms with van der Waals surface area (Å²) in [7, 11) is 1.45. The Labute approximate surface area is 189 Å². The monoisotopic (exact) mass is 461 g/mol. The summed E-state index contributed by atoms with van der Waals surface area (Å²) >= 11 is 0. The lowest BCUT2D eigenvalue weighted by atomic mass is 9.80. The minimum atomic E-state index is -4.74. The maximum absolute atomic E-state index is 12.9. The second-order valence-electron chi connectivity index (χ2n) is 8.75. The lowest BCUT2D eigenvalue weighted by Crippen LogP contribution is -2.21. The number of methoxy groups -OCH3 is 1. The van der Waals surface area contributed by atoms with Crippen LogP contribution in [0.15, 0.2) is 30.6 Å². The quantitative estimate of drug-likeness (QED) is 0.543. The predicted molar refractivity (Wildman–Crippen MR) is 117 cm³/mol.